The van der Waals surface area contributed by atoms with Gasteiger partial charge in [-0.2, -0.15) is 0 Å². The quantitative estimate of drug-likeness (QED) is 0.489. The zero-order valence-corrected chi connectivity index (χ0v) is 17.0. The fourth-order valence-corrected chi connectivity index (χ4v) is 3.69. The summed E-state index contributed by atoms with van der Waals surface area (Å²) in [6.45, 7) is 10.0. The van der Waals surface area contributed by atoms with Crippen molar-refractivity contribution >= 4 is 17.7 Å². The Kier molecular flexibility index (Phi) is 6.26. The molecule has 0 fully saturated rings. The van der Waals surface area contributed by atoms with E-state index in [0.717, 1.165) is 16.9 Å². The predicted octanol–water partition coefficient (Wildman–Crippen LogP) is 3.73. The Morgan fingerprint density at radius 1 is 1.29 bits per heavy atom. The zero-order valence-electron chi connectivity index (χ0n) is 16.2. The number of carbonyl (C=O) groups excluding carboxylic acids is 1. The average molecular weight is 394 g/mol. The molecule has 7 heteroatoms. The SMILES string of the molecule is C=CCNC(=O)[C@@H](C)Sc1nnc(-c2ccccn2)n1-c1ccc(C)cc1C. The molecule has 0 aliphatic rings. The van der Waals surface area contributed by atoms with Crippen molar-refractivity contribution < 1.29 is 4.79 Å². The minimum absolute atomic E-state index is 0.0699. The minimum atomic E-state index is -0.328. The Morgan fingerprint density at radius 2 is 2.11 bits per heavy atom. The van der Waals surface area contributed by atoms with E-state index in [0.29, 0.717) is 17.5 Å². The first kappa shape index (κ1) is 19.8. The smallest absolute Gasteiger partial charge is 0.233 e. The highest BCUT2D eigenvalue weighted by atomic mass is 32.2. The Bertz CT molecular complexity index is 984. The van der Waals surface area contributed by atoms with Crippen LogP contribution in [0.5, 0.6) is 0 Å². The van der Waals surface area contributed by atoms with E-state index in [2.05, 4.69) is 53.1 Å². The van der Waals surface area contributed by atoms with E-state index in [9.17, 15) is 4.79 Å². The lowest BCUT2D eigenvalue weighted by Gasteiger charge is -2.15. The van der Waals surface area contributed by atoms with Crippen molar-refractivity contribution in [1.29, 1.82) is 0 Å². The molecule has 1 N–H and O–H groups in total. The maximum atomic E-state index is 12.3. The third kappa shape index (κ3) is 4.31. The van der Waals surface area contributed by atoms with Crippen LogP contribution in [0.2, 0.25) is 0 Å². The van der Waals surface area contributed by atoms with E-state index in [1.807, 2.05) is 35.8 Å². The molecule has 1 atom stereocenters. The number of nitrogens with zero attached hydrogens (tertiary/aromatic N) is 4. The van der Waals surface area contributed by atoms with E-state index >= 15 is 0 Å². The lowest BCUT2D eigenvalue weighted by Crippen LogP contribution is -2.31. The largest absolute Gasteiger partial charge is 0.352 e. The standard InChI is InChI=1S/C21H23N5OS/c1-5-11-23-20(27)16(4)28-21-25-24-19(17-8-6-7-12-22-17)26(21)18-10-9-14(2)13-15(18)3/h5-10,12-13,16H,1,11H2,2-4H3,(H,23,27)/t16-/m1/s1. The molecule has 3 rings (SSSR count). The molecule has 144 valence electrons. The van der Waals surface area contributed by atoms with E-state index in [1.54, 1.807) is 12.3 Å². The molecule has 2 aromatic heterocycles. The molecule has 0 saturated carbocycles. The van der Waals surface area contributed by atoms with Crippen molar-refractivity contribution in [3.05, 3.63) is 66.4 Å². The van der Waals surface area contributed by atoms with Gasteiger partial charge in [-0.1, -0.05) is 41.6 Å². The molecule has 0 aliphatic carbocycles. The van der Waals surface area contributed by atoms with Gasteiger partial charge in [-0.3, -0.25) is 14.3 Å². The number of thioether (sulfide) groups is 1. The van der Waals surface area contributed by atoms with E-state index in [4.69, 9.17) is 0 Å². The first-order chi connectivity index (χ1) is 13.5. The van der Waals surface area contributed by atoms with Crippen molar-refractivity contribution in [2.24, 2.45) is 0 Å². The van der Waals surface area contributed by atoms with Gasteiger partial charge in [0.1, 0.15) is 5.69 Å². The van der Waals surface area contributed by atoms with Crippen molar-refractivity contribution in [3.63, 3.8) is 0 Å². The van der Waals surface area contributed by atoms with Crippen molar-refractivity contribution in [3.8, 4) is 17.2 Å². The Morgan fingerprint density at radius 3 is 2.79 bits per heavy atom. The Balaban J connectivity index is 2.04. The van der Waals surface area contributed by atoms with Crippen LogP contribution in [0.25, 0.3) is 17.2 Å². The Hall–Kier alpha value is -2.93. The van der Waals surface area contributed by atoms with Gasteiger partial charge in [0.05, 0.1) is 10.9 Å². The molecule has 1 aromatic carbocycles. The van der Waals surface area contributed by atoms with Crippen molar-refractivity contribution in [2.75, 3.05) is 6.54 Å². The fourth-order valence-electron chi connectivity index (χ4n) is 2.81. The maximum absolute atomic E-state index is 12.3. The van der Waals surface area contributed by atoms with Crippen LogP contribution in [-0.2, 0) is 4.79 Å². The number of pyridine rings is 1. The topological polar surface area (TPSA) is 72.7 Å². The van der Waals surface area contributed by atoms with Gasteiger partial charge in [0.15, 0.2) is 11.0 Å². The molecule has 3 aromatic rings. The molecular formula is C21H23N5OS. The monoisotopic (exact) mass is 393 g/mol. The van der Waals surface area contributed by atoms with Gasteiger partial charge in [0.2, 0.25) is 5.91 Å². The van der Waals surface area contributed by atoms with Crippen LogP contribution in [-0.4, -0.2) is 37.5 Å². The summed E-state index contributed by atoms with van der Waals surface area (Å²) in [5, 5.41) is 11.9. The van der Waals surface area contributed by atoms with Crippen LogP contribution < -0.4 is 5.32 Å². The van der Waals surface area contributed by atoms with Gasteiger partial charge in [-0.05, 0) is 44.5 Å². The molecule has 28 heavy (non-hydrogen) atoms. The Labute approximate surface area is 169 Å². The highest BCUT2D eigenvalue weighted by molar-refractivity contribution is 8.00. The molecule has 2 heterocycles. The van der Waals surface area contributed by atoms with Crippen LogP contribution in [0.1, 0.15) is 18.1 Å². The summed E-state index contributed by atoms with van der Waals surface area (Å²) in [5.41, 5.74) is 3.98. The fraction of sp³-hybridized carbons (Fsp3) is 0.238. The van der Waals surface area contributed by atoms with E-state index < -0.39 is 0 Å². The maximum Gasteiger partial charge on any atom is 0.233 e. The first-order valence-corrected chi connectivity index (χ1v) is 9.89. The average Bonchev–Trinajstić information content (AvgIpc) is 3.10. The van der Waals surface area contributed by atoms with Crippen LogP contribution in [0.3, 0.4) is 0 Å². The molecule has 0 bridgehead atoms. The lowest BCUT2D eigenvalue weighted by atomic mass is 10.1. The molecule has 6 nitrogen and oxygen atoms in total. The summed E-state index contributed by atoms with van der Waals surface area (Å²) in [7, 11) is 0. The molecule has 1 amide bonds. The number of aryl methyl sites for hydroxylation is 2. The number of amides is 1. The second-order valence-corrected chi connectivity index (χ2v) is 7.75. The van der Waals surface area contributed by atoms with Crippen LogP contribution in [0.15, 0.2) is 60.4 Å². The van der Waals surface area contributed by atoms with Gasteiger partial charge in [0.25, 0.3) is 0 Å². The van der Waals surface area contributed by atoms with Crippen molar-refractivity contribution in [1.82, 2.24) is 25.1 Å². The minimum Gasteiger partial charge on any atom is -0.352 e. The number of aromatic nitrogens is 4. The number of carbonyl (C=O) groups is 1. The first-order valence-electron chi connectivity index (χ1n) is 9.01. The van der Waals surface area contributed by atoms with Gasteiger partial charge in [-0.15, -0.1) is 16.8 Å². The summed E-state index contributed by atoms with van der Waals surface area (Å²) < 4.78 is 1.97. The van der Waals surface area contributed by atoms with Crippen LogP contribution >= 0.6 is 11.8 Å². The van der Waals surface area contributed by atoms with Crippen LogP contribution in [0, 0.1) is 13.8 Å². The highest BCUT2D eigenvalue weighted by Gasteiger charge is 2.22. The molecule has 0 unspecified atom stereocenters. The van der Waals surface area contributed by atoms with Gasteiger partial charge in [0, 0.05) is 12.7 Å². The number of rotatable bonds is 7. The lowest BCUT2D eigenvalue weighted by molar-refractivity contribution is -0.120. The van der Waals surface area contributed by atoms with E-state index in [-0.39, 0.29) is 11.2 Å². The highest BCUT2D eigenvalue weighted by Crippen LogP contribution is 2.31. The number of hydrogen-bond donors (Lipinski definition) is 1. The third-order valence-corrected chi connectivity index (χ3v) is 5.24. The molecule has 0 radical (unpaired) electrons. The second kappa shape index (κ2) is 8.84. The summed E-state index contributed by atoms with van der Waals surface area (Å²) in [6, 6.07) is 11.9. The van der Waals surface area contributed by atoms with Gasteiger partial charge >= 0.3 is 0 Å². The summed E-state index contributed by atoms with van der Waals surface area (Å²) in [5.74, 6) is 0.577. The predicted molar refractivity (Wildman–Crippen MR) is 113 cm³/mol. The normalized spacial score (nSPS) is 11.8. The van der Waals surface area contributed by atoms with E-state index in [1.165, 1.54) is 17.3 Å². The molecular weight excluding hydrogens is 370 g/mol. The zero-order chi connectivity index (χ0) is 20.1. The van der Waals surface area contributed by atoms with Gasteiger partial charge in [-0.25, -0.2) is 0 Å². The summed E-state index contributed by atoms with van der Waals surface area (Å²) >= 11 is 1.37. The molecule has 0 aliphatic heterocycles. The van der Waals surface area contributed by atoms with Gasteiger partial charge < -0.3 is 5.32 Å². The summed E-state index contributed by atoms with van der Waals surface area (Å²) in [6.07, 6.45) is 3.39. The molecule has 0 saturated heterocycles. The number of nitrogens with one attached hydrogen (secondary N) is 1. The van der Waals surface area contributed by atoms with Crippen molar-refractivity contribution in [2.45, 2.75) is 31.2 Å². The summed E-state index contributed by atoms with van der Waals surface area (Å²) in [4.78, 5) is 16.7. The number of hydrogen-bond acceptors (Lipinski definition) is 5. The number of benzene rings is 1. The third-order valence-electron chi connectivity index (χ3n) is 4.19. The van der Waals surface area contributed by atoms with Crippen LogP contribution in [0.4, 0.5) is 0 Å². The molecule has 0 spiro atoms. The second-order valence-electron chi connectivity index (χ2n) is 6.44.